The molecule has 0 fully saturated rings. The molecule has 3 heterocycles. The van der Waals surface area contributed by atoms with E-state index in [1.807, 2.05) is 31.2 Å². The van der Waals surface area contributed by atoms with Gasteiger partial charge in [0.2, 0.25) is 5.95 Å². The molecule has 4 aromatic rings. The van der Waals surface area contributed by atoms with E-state index in [0.29, 0.717) is 17.1 Å². The Balaban J connectivity index is 1.67. The van der Waals surface area contributed by atoms with E-state index in [-0.39, 0.29) is 18.2 Å². The lowest BCUT2D eigenvalue weighted by Gasteiger charge is -2.12. The first-order valence-corrected chi connectivity index (χ1v) is 10.5. The molecule has 4 rings (SSSR count). The standard InChI is InChI=1S/C23H20F3N7O2/c1-13-5-3-6-15(9-13)17-10-18(30-22(29-17)27-14(2)21(34)35)19-12-33(32-31-19)11-16-7-4-8-20(28-16)23(24,25)26/h3-10,12,14H,11H2,1-2H3,(H,34,35)(H,27,29,30)/t14-/m0/s1. The highest BCUT2D eigenvalue weighted by atomic mass is 19.4. The smallest absolute Gasteiger partial charge is 0.433 e. The number of hydrogen-bond acceptors (Lipinski definition) is 7. The van der Waals surface area contributed by atoms with E-state index in [2.05, 4.69) is 30.6 Å². The monoisotopic (exact) mass is 483 g/mol. The number of carboxylic acid groups (broad SMARTS) is 1. The molecule has 0 saturated heterocycles. The number of anilines is 1. The van der Waals surface area contributed by atoms with Crippen molar-refractivity contribution in [2.24, 2.45) is 0 Å². The van der Waals surface area contributed by atoms with Gasteiger partial charge in [0.25, 0.3) is 0 Å². The van der Waals surface area contributed by atoms with Crippen LogP contribution in [0.15, 0.2) is 54.7 Å². The second-order valence-electron chi connectivity index (χ2n) is 7.85. The minimum atomic E-state index is -4.55. The van der Waals surface area contributed by atoms with Crippen LogP contribution in [0, 0.1) is 6.92 Å². The summed E-state index contributed by atoms with van der Waals surface area (Å²) >= 11 is 0. The van der Waals surface area contributed by atoms with Crippen LogP contribution in [0.5, 0.6) is 0 Å². The van der Waals surface area contributed by atoms with Crippen LogP contribution >= 0.6 is 0 Å². The summed E-state index contributed by atoms with van der Waals surface area (Å²) in [6.45, 7) is 3.36. The normalized spacial score (nSPS) is 12.4. The van der Waals surface area contributed by atoms with Gasteiger partial charge in [0.05, 0.1) is 29.8 Å². The topological polar surface area (TPSA) is 119 Å². The summed E-state index contributed by atoms with van der Waals surface area (Å²) in [6, 6.07) is 12.0. The van der Waals surface area contributed by atoms with Gasteiger partial charge in [-0.1, -0.05) is 35.0 Å². The van der Waals surface area contributed by atoms with Crippen LogP contribution in [0.2, 0.25) is 0 Å². The molecule has 0 aliphatic carbocycles. The third-order valence-corrected chi connectivity index (χ3v) is 4.98. The number of alkyl halides is 3. The summed E-state index contributed by atoms with van der Waals surface area (Å²) in [6.07, 6.45) is -3.03. The molecule has 9 nitrogen and oxygen atoms in total. The Bertz CT molecular complexity index is 1370. The van der Waals surface area contributed by atoms with E-state index in [9.17, 15) is 23.1 Å². The van der Waals surface area contributed by atoms with Gasteiger partial charge in [-0.2, -0.15) is 13.2 Å². The van der Waals surface area contributed by atoms with Crippen LogP contribution in [0.3, 0.4) is 0 Å². The number of carboxylic acids is 1. The van der Waals surface area contributed by atoms with Gasteiger partial charge in [-0.15, -0.1) is 5.10 Å². The number of rotatable bonds is 7. The van der Waals surface area contributed by atoms with Crippen LogP contribution in [-0.2, 0) is 17.5 Å². The molecule has 0 saturated carbocycles. The van der Waals surface area contributed by atoms with Gasteiger partial charge in [0.15, 0.2) is 0 Å². The Hall–Kier alpha value is -4.35. The molecule has 3 aromatic heterocycles. The Kier molecular flexibility index (Phi) is 6.45. The molecule has 1 aromatic carbocycles. The number of pyridine rings is 1. The van der Waals surface area contributed by atoms with Crippen molar-refractivity contribution < 1.29 is 23.1 Å². The number of aryl methyl sites for hydroxylation is 1. The highest BCUT2D eigenvalue weighted by Crippen LogP contribution is 2.28. The van der Waals surface area contributed by atoms with Crippen LogP contribution in [0.1, 0.15) is 23.9 Å². The summed E-state index contributed by atoms with van der Waals surface area (Å²) in [5, 5.41) is 20.1. The zero-order chi connectivity index (χ0) is 25.2. The van der Waals surface area contributed by atoms with Crippen molar-refractivity contribution in [3.05, 3.63) is 71.7 Å². The van der Waals surface area contributed by atoms with E-state index in [0.717, 1.165) is 17.2 Å². The van der Waals surface area contributed by atoms with Crippen molar-refractivity contribution in [3.63, 3.8) is 0 Å². The maximum Gasteiger partial charge on any atom is 0.433 e. The SMILES string of the molecule is Cc1cccc(-c2cc(-c3cn(Cc4cccc(C(F)(F)F)n4)nn3)nc(N[C@@H](C)C(=O)O)n2)c1. The zero-order valence-electron chi connectivity index (χ0n) is 18.7. The second kappa shape index (κ2) is 9.49. The number of halogens is 3. The second-order valence-corrected chi connectivity index (χ2v) is 7.85. The first-order valence-electron chi connectivity index (χ1n) is 10.5. The van der Waals surface area contributed by atoms with Gasteiger partial charge in [0.1, 0.15) is 17.4 Å². The summed E-state index contributed by atoms with van der Waals surface area (Å²) in [5.41, 5.74) is 2.21. The fourth-order valence-corrected chi connectivity index (χ4v) is 3.24. The maximum absolute atomic E-state index is 13.0. The highest BCUT2D eigenvalue weighted by molar-refractivity contribution is 5.76. The molecule has 0 unspecified atom stereocenters. The average molecular weight is 483 g/mol. The summed E-state index contributed by atoms with van der Waals surface area (Å²) in [5.74, 6) is -0.987. The summed E-state index contributed by atoms with van der Waals surface area (Å²) < 4.78 is 40.2. The Labute approximate surface area is 197 Å². The third kappa shape index (κ3) is 5.78. The number of aromatic nitrogens is 6. The molecule has 0 aliphatic heterocycles. The Morgan fingerprint density at radius 1 is 1.06 bits per heavy atom. The molecule has 0 spiro atoms. The molecular weight excluding hydrogens is 463 g/mol. The highest BCUT2D eigenvalue weighted by Gasteiger charge is 2.32. The van der Waals surface area contributed by atoms with Crippen molar-refractivity contribution >= 4 is 11.9 Å². The first-order chi connectivity index (χ1) is 16.6. The van der Waals surface area contributed by atoms with Crippen LogP contribution in [-0.4, -0.2) is 47.1 Å². The Morgan fingerprint density at radius 2 is 1.80 bits per heavy atom. The minimum Gasteiger partial charge on any atom is -0.480 e. The number of nitrogens with one attached hydrogen (secondary N) is 1. The van der Waals surface area contributed by atoms with Gasteiger partial charge in [0, 0.05) is 5.56 Å². The third-order valence-electron chi connectivity index (χ3n) is 4.98. The van der Waals surface area contributed by atoms with Crippen molar-refractivity contribution in [1.82, 2.24) is 29.9 Å². The lowest BCUT2D eigenvalue weighted by Crippen LogP contribution is -2.26. The molecule has 2 N–H and O–H groups in total. The minimum absolute atomic E-state index is 0.0338. The van der Waals surface area contributed by atoms with Gasteiger partial charge in [-0.05, 0) is 38.1 Å². The fraction of sp³-hybridized carbons (Fsp3) is 0.217. The number of nitrogens with zero attached hydrogens (tertiary/aromatic N) is 6. The van der Waals surface area contributed by atoms with E-state index in [4.69, 9.17) is 0 Å². The fourth-order valence-electron chi connectivity index (χ4n) is 3.24. The summed E-state index contributed by atoms with van der Waals surface area (Å²) in [7, 11) is 0. The van der Waals surface area contributed by atoms with Gasteiger partial charge in [-0.3, -0.25) is 4.79 Å². The largest absolute Gasteiger partial charge is 0.480 e. The molecule has 1 atom stereocenters. The molecule has 0 bridgehead atoms. The molecule has 35 heavy (non-hydrogen) atoms. The number of carbonyl (C=O) groups is 1. The molecular formula is C23H20F3N7O2. The molecule has 0 amide bonds. The first kappa shape index (κ1) is 23.8. The molecule has 12 heteroatoms. The van der Waals surface area contributed by atoms with Gasteiger partial charge < -0.3 is 10.4 Å². The molecule has 180 valence electrons. The lowest BCUT2D eigenvalue weighted by molar-refractivity contribution is -0.141. The average Bonchev–Trinajstić information content (AvgIpc) is 3.27. The van der Waals surface area contributed by atoms with E-state index in [1.165, 1.54) is 29.9 Å². The van der Waals surface area contributed by atoms with Crippen molar-refractivity contribution in [2.75, 3.05) is 5.32 Å². The lowest BCUT2D eigenvalue weighted by atomic mass is 10.1. The Morgan fingerprint density at radius 3 is 2.51 bits per heavy atom. The molecule has 0 aliphatic rings. The quantitative estimate of drug-likeness (QED) is 0.404. The van der Waals surface area contributed by atoms with Crippen molar-refractivity contribution in [3.8, 4) is 22.6 Å². The maximum atomic E-state index is 13.0. The zero-order valence-corrected chi connectivity index (χ0v) is 18.7. The molecule has 0 radical (unpaired) electrons. The van der Waals surface area contributed by atoms with Gasteiger partial charge >= 0.3 is 12.1 Å². The summed E-state index contributed by atoms with van der Waals surface area (Å²) in [4.78, 5) is 23.8. The predicted octanol–water partition coefficient (Wildman–Crippen LogP) is 4.06. The van der Waals surface area contributed by atoms with Crippen LogP contribution in [0.25, 0.3) is 22.6 Å². The van der Waals surface area contributed by atoms with Crippen LogP contribution in [0.4, 0.5) is 19.1 Å². The number of benzene rings is 1. The van der Waals surface area contributed by atoms with Crippen LogP contribution < -0.4 is 5.32 Å². The van der Waals surface area contributed by atoms with E-state index in [1.54, 1.807) is 6.07 Å². The number of hydrogen-bond donors (Lipinski definition) is 2. The van der Waals surface area contributed by atoms with Crippen molar-refractivity contribution in [2.45, 2.75) is 32.6 Å². The predicted molar refractivity (Wildman–Crippen MR) is 120 cm³/mol. The number of aliphatic carboxylic acids is 1. The van der Waals surface area contributed by atoms with Gasteiger partial charge in [-0.25, -0.2) is 19.6 Å². The van der Waals surface area contributed by atoms with E-state index < -0.39 is 23.9 Å². The van der Waals surface area contributed by atoms with E-state index >= 15 is 0 Å². The van der Waals surface area contributed by atoms with Crippen molar-refractivity contribution in [1.29, 1.82) is 0 Å².